The average molecular weight is 339 g/mol. The minimum absolute atomic E-state index is 0.913. The van der Waals surface area contributed by atoms with Crippen LogP contribution < -0.4 is 10.6 Å². The minimum Gasteiger partial charge on any atom is -0.356 e. The number of hydrogen-bond acceptors (Lipinski definition) is 4. The van der Waals surface area contributed by atoms with Crippen molar-refractivity contribution in [2.45, 2.75) is 42.9 Å². The van der Waals surface area contributed by atoms with Gasteiger partial charge in [0.1, 0.15) is 4.34 Å². The molecule has 0 unspecified atom stereocenters. The SMILES string of the molecule is CN=C(NCCCSc1nccs1)NCCC1=CCCCC1. The molecule has 122 valence electrons. The van der Waals surface area contributed by atoms with Crippen LogP contribution in [0.15, 0.2) is 32.6 Å². The summed E-state index contributed by atoms with van der Waals surface area (Å²) in [6.45, 7) is 1.92. The molecule has 0 saturated carbocycles. The maximum Gasteiger partial charge on any atom is 0.190 e. The van der Waals surface area contributed by atoms with E-state index in [2.05, 4.69) is 26.7 Å². The summed E-state index contributed by atoms with van der Waals surface area (Å²) in [6, 6.07) is 0. The molecule has 0 atom stereocenters. The van der Waals surface area contributed by atoms with Gasteiger partial charge in [0.05, 0.1) is 0 Å². The summed E-state index contributed by atoms with van der Waals surface area (Å²) in [5.41, 5.74) is 1.61. The second-order valence-corrected chi connectivity index (χ2v) is 7.52. The van der Waals surface area contributed by atoms with Crippen molar-refractivity contribution in [3.63, 3.8) is 0 Å². The Kier molecular flexibility index (Phi) is 8.41. The molecule has 2 rings (SSSR count). The average Bonchev–Trinajstić information content (AvgIpc) is 3.07. The molecule has 0 aromatic carbocycles. The molecule has 0 aliphatic heterocycles. The van der Waals surface area contributed by atoms with Crippen LogP contribution in [-0.4, -0.2) is 36.8 Å². The Morgan fingerprint density at radius 1 is 1.36 bits per heavy atom. The molecule has 0 bridgehead atoms. The monoisotopic (exact) mass is 338 g/mol. The van der Waals surface area contributed by atoms with Crippen molar-refractivity contribution in [3.8, 4) is 0 Å². The van der Waals surface area contributed by atoms with Crippen molar-refractivity contribution in [3.05, 3.63) is 23.2 Å². The van der Waals surface area contributed by atoms with Crippen LogP contribution in [0.1, 0.15) is 38.5 Å². The lowest BCUT2D eigenvalue weighted by atomic mass is 9.97. The molecule has 0 saturated heterocycles. The molecule has 1 aromatic rings. The molecule has 0 spiro atoms. The summed E-state index contributed by atoms with van der Waals surface area (Å²) in [7, 11) is 1.83. The Labute approximate surface area is 141 Å². The van der Waals surface area contributed by atoms with Gasteiger partial charge in [-0.05, 0) is 38.5 Å². The van der Waals surface area contributed by atoms with E-state index in [0.29, 0.717) is 0 Å². The Morgan fingerprint density at radius 3 is 3.00 bits per heavy atom. The largest absolute Gasteiger partial charge is 0.356 e. The van der Waals surface area contributed by atoms with E-state index in [0.717, 1.165) is 42.0 Å². The molecule has 0 fully saturated rings. The first kappa shape index (κ1) is 17.3. The van der Waals surface area contributed by atoms with Gasteiger partial charge < -0.3 is 10.6 Å². The number of thioether (sulfide) groups is 1. The third-order valence-electron chi connectivity index (χ3n) is 3.60. The maximum atomic E-state index is 4.28. The minimum atomic E-state index is 0.913. The number of allylic oxidation sites excluding steroid dienone is 1. The zero-order valence-corrected chi connectivity index (χ0v) is 14.9. The molecule has 1 heterocycles. The fourth-order valence-electron chi connectivity index (χ4n) is 2.41. The van der Waals surface area contributed by atoms with Gasteiger partial charge in [0.2, 0.25) is 0 Å². The zero-order valence-electron chi connectivity index (χ0n) is 13.3. The van der Waals surface area contributed by atoms with Crippen molar-refractivity contribution in [2.24, 2.45) is 4.99 Å². The first-order valence-corrected chi connectivity index (χ1v) is 9.89. The second-order valence-electron chi connectivity index (χ2n) is 5.28. The molecular weight excluding hydrogens is 312 g/mol. The number of aromatic nitrogens is 1. The molecular formula is C16H26N4S2. The topological polar surface area (TPSA) is 49.3 Å². The highest BCUT2D eigenvalue weighted by atomic mass is 32.2. The van der Waals surface area contributed by atoms with Crippen molar-refractivity contribution in [1.82, 2.24) is 15.6 Å². The molecule has 4 nitrogen and oxygen atoms in total. The van der Waals surface area contributed by atoms with Gasteiger partial charge in [0.25, 0.3) is 0 Å². The van der Waals surface area contributed by atoms with E-state index in [4.69, 9.17) is 0 Å². The Morgan fingerprint density at radius 2 is 2.27 bits per heavy atom. The van der Waals surface area contributed by atoms with Gasteiger partial charge in [-0.15, -0.1) is 11.3 Å². The highest BCUT2D eigenvalue weighted by Crippen LogP contribution is 2.20. The van der Waals surface area contributed by atoms with E-state index < -0.39 is 0 Å². The summed E-state index contributed by atoms with van der Waals surface area (Å²) in [5, 5.41) is 8.80. The summed E-state index contributed by atoms with van der Waals surface area (Å²) in [6.07, 6.45) is 11.8. The van der Waals surface area contributed by atoms with Crippen LogP contribution in [0, 0.1) is 0 Å². The van der Waals surface area contributed by atoms with Crippen molar-refractivity contribution >= 4 is 29.1 Å². The highest BCUT2D eigenvalue weighted by Gasteiger charge is 2.04. The Bertz CT molecular complexity index is 469. The van der Waals surface area contributed by atoms with Crippen LogP contribution in [0.3, 0.4) is 0 Å². The molecule has 2 N–H and O–H groups in total. The fraction of sp³-hybridized carbons (Fsp3) is 0.625. The van der Waals surface area contributed by atoms with E-state index in [1.165, 1.54) is 25.7 Å². The lowest BCUT2D eigenvalue weighted by molar-refractivity contribution is 0.665. The number of nitrogens with one attached hydrogen (secondary N) is 2. The van der Waals surface area contributed by atoms with Crippen LogP contribution in [0.4, 0.5) is 0 Å². The van der Waals surface area contributed by atoms with E-state index in [9.17, 15) is 0 Å². The molecule has 0 radical (unpaired) electrons. The van der Waals surface area contributed by atoms with Crippen LogP contribution in [0.25, 0.3) is 0 Å². The number of aliphatic imine (C=N–C) groups is 1. The third-order valence-corrected chi connectivity index (χ3v) is 5.65. The van der Waals surface area contributed by atoms with Crippen molar-refractivity contribution in [1.29, 1.82) is 0 Å². The zero-order chi connectivity index (χ0) is 15.5. The number of rotatable bonds is 8. The first-order chi connectivity index (χ1) is 10.9. The van der Waals surface area contributed by atoms with E-state index in [1.54, 1.807) is 16.9 Å². The lowest BCUT2D eigenvalue weighted by Gasteiger charge is -2.15. The quantitative estimate of drug-likeness (QED) is 0.250. The molecule has 22 heavy (non-hydrogen) atoms. The number of nitrogens with zero attached hydrogens (tertiary/aromatic N) is 2. The normalized spacial score (nSPS) is 15.5. The molecule has 6 heteroatoms. The summed E-state index contributed by atoms with van der Waals surface area (Å²) >= 11 is 3.53. The predicted molar refractivity (Wildman–Crippen MR) is 98.0 cm³/mol. The standard InChI is InChI=1S/C16H26N4S2/c1-17-15(19-10-8-14-6-3-2-4-7-14)18-9-5-12-21-16-20-11-13-22-16/h6,11,13H,2-5,7-10,12H2,1H3,(H2,17,18,19). The van der Waals surface area contributed by atoms with Gasteiger partial charge in [-0.2, -0.15) is 0 Å². The summed E-state index contributed by atoms with van der Waals surface area (Å²) in [4.78, 5) is 8.55. The number of guanidine groups is 1. The third kappa shape index (κ3) is 6.83. The predicted octanol–water partition coefficient (Wildman–Crippen LogP) is 3.68. The van der Waals surface area contributed by atoms with Gasteiger partial charge in [-0.1, -0.05) is 23.4 Å². The van der Waals surface area contributed by atoms with Gasteiger partial charge >= 0.3 is 0 Å². The van der Waals surface area contributed by atoms with E-state index in [-0.39, 0.29) is 0 Å². The van der Waals surface area contributed by atoms with Gasteiger partial charge in [-0.3, -0.25) is 4.99 Å². The van der Waals surface area contributed by atoms with Gasteiger partial charge in [0, 0.05) is 37.5 Å². The van der Waals surface area contributed by atoms with E-state index in [1.807, 2.05) is 30.4 Å². The Balaban J connectivity index is 1.52. The Hall–Kier alpha value is -1.01. The molecule has 1 aromatic heterocycles. The second kappa shape index (κ2) is 10.7. The summed E-state index contributed by atoms with van der Waals surface area (Å²) in [5.74, 6) is 2.00. The first-order valence-electron chi connectivity index (χ1n) is 8.03. The van der Waals surface area contributed by atoms with Crippen LogP contribution in [0.2, 0.25) is 0 Å². The number of hydrogen-bond donors (Lipinski definition) is 2. The lowest BCUT2D eigenvalue weighted by Crippen LogP contribution is -2.38. The van der Waals surface area contributed by atoms with Crippen LogP contribution in [0.5, 0.6) is 0 Å². The number of thiazole rings is 1. The van der Waals surface area contributed by atoms with Gasteiger partial charge in [0.15, 0.2) is 5.96 Å². The smallest absolute Gasteiger partial charge is 0.190 e. The van der Waals surface area contributed by atoms with Gasteiger partial charge in [-0.25, -0.2) is 4.98 Å². The van der Waals surface area contributed by atoms with Crippen LogP contribution in [-0.2, 0) is 0 Å². The van der Waals surface area contributed by atoms with Crippen molar-refractivity contribution < 1.29 is 0 Å². The summed E-state index contributed by atoms with van der Waals surface area (Å²) < 4.78 is 1.16. The van der Waals surface area contributed by atoms with Crippen LogP contribution >= 0.6 is 23.1 Å². The van der Waals surface area contributed by atoms with E-state index >= 15 is 0 Å². The maximum absolute atomic E-state index is 4.28. The highest BCUT2D eigenvalue weighted by molar-refractivity contribution is 8.00. The molecule has 1 aliphatic rings. The molecule has 1 aliphatic carbocycles. The van der Waals surface area contributed by atoms with Crippen molar-refractivity contribution in [2.75, 3.05) is 25.9 Å². The molecule has 0 amide bonds. The fourth-order valence-corrected chi connectivity index (χ4v) is 4.06.